The van der Waals surface area contributed by atoms with Crippen LogP contribution in [0.5, 0.6) is 0 Å². The minimum absolute atomic E-state index is 0.105. The molecule has 0 amide bonds. The highest BCUT2D eigenvalue weighted by molar-refractivity contribution is 6.29. The molecule has 0 aliphatic heterocycles. The van der Waals surface area contributed by atoms with E-state index in [0.29, 0.717) is 5.15 Å². The van der Waals surface area contributed by atoms with Gasteiger partial charge in [0.2, 0.25) is 0 Å². The van der Waals surface area contributed by atoms with Crippen molar-refractivity contribution in [3.8, 4) is 0 Å². The van der Waals surface area contributed by atoms with E-state index in [9.17, 15) is 0 Å². The van der Waals surface area contributed by atoms with E-state index in [1.165, 1.54) is 0 Å². The summed E-state index contributed by atoms with van der Waals surface area (Å²) in [6.07, 6.45) is 1.65. The predicted molar refractivity (Wildman–Crippen MR) is 49.4 cm³/mol. The van der Waals surface area contributed by atoms with Gasteiger partial charge in [-0.1, -0.05) is 25.4 Å². The average molecular weight is 186 g/mol. The van der Waals surface area contributed by atoms with Crippen LogP contribution in [0.1, 0.15) is 19.4 Å². The van der Waals surface area contributed by atoms with Gasteiger partial charge in [-0.05, 0) is 17.7 Å². The molecule has 3 heteroatoms. The number of aliphatic hydroxyl groups excluding tert-OH is 1. The highest BCUT2D eigenvalue weighted by atomic mass is 35.5. The Hall–Kier alpha value is -0.600. The fourth-order valence-corrected chi connectivity index (χ4v) is 1.09. The normalized spacial score (nSPS) is 11.7. The minimum atomic E-state index is -0.243. The molecular formula is C9H12ClNO. The second-order valence-corrected chi connectivity index (χ2v) is 3.80. The van der Waals surface area contributed by atoms with Gasteiger partial charge in [0.15, 0.2) is 0 Å². The average Bonchev–Trinajstić information content (AvgIpc) is 2.05. The van der Waals surface area contributed by atoms with E-state index < -0.39 is 0 Å². The zero-order valence-electron chi connectivity index (χ0n) is 7.21. The molecule has 0 radical (unpaired) electrons. The molecule has 1 heterocycles. The first-order chi connectivity index (χ1) is 5.56. The molecular weight excluding hydrogens is 174 g/mol. The van der Waals surface area contributed by atoms with Crippen molar-refractivity contribution in [2.75, 3.05) is 6.61 Å². The van der Waals surface area contributed by atoms with Crippen molar-refractivity contribution in [3.63, 3.8) is 0 Å². The summed E-state index contributed by atoms with van der Waals surface area (Å²) in [6.45, 7) is 4.02. The lowest BCUT2D eigenvalue weighted by Gasteiger charge is -2.21. The number of halogens is 1. The molecule has 2 nitrogen and oxygen atoms in total. The molecule has 0 saturated heterocycles. The molecule has 0 aliphatic rings. The summed E-state index contributed by atoms with van der Waals surface area (Å²) in [4.78, 5) is 3.87. The van der Waals surface area contributed by atoms with Gasteiger partial charge in [0.1, 0.15) is 5.15 Å². The Labute approximate surface area is 77.2 Å². The third-order valence-corrected chi connectivity index (χ3v) is 2.11. The smallest absolute Gasteiger partial charge is 0.129 e. The molecule has 1 aromatic heterocycles. The fourth-order valence-electron chi connectivity index (χ4n) is 0.915. The van der Waals surface area contributed by atoms with Gasteiger partial charge in [-0.15, -0.1) is 0 Å². The second-order valence-electron chi connectivity index (χ2n) is 3.41. The first kappa shape index (κ1) is 9.49. The lowest BCUT2D eigenvalue weighted by atomic mass is 9.86. The van der Waals surface area contributed by atoms with Gasteiger partial charge in [-0.3, -0.25) is 0 Å². The van der Waals surface area contributed by atoms with Crippen LogP contribution in [0.25, 0.3) is 0 Å². The number of rotatable bonds is 2. The van der Waals surface area contributed by atoms with Crippen LogP contribution in [0.2, 0.25) is 5.15 Å². The number of aliphatic hydroxyl groups is 1. The van der Waals surface area contributed by atoms with Crippen LogP contribution in [0.15, 0.2) is 18.3 Å². The van der Waals surface area contributed by atoms with Crippen molar-refractivity contribution in [2.45, 2.75) is 19.3 Å². The molecule has 0 aliphatic carbocycles. The second kappa shape index (κ2) is 3.42. The lowest BCUT2D eigenvalue weighted by molar-refractivity contribution is 0.218. The first-order valence-electron chi connectivity index (χ1n) is 3.79. The largest absolute Gasteiger partial charge is 0.395 e. The summed E-state index contributed by atoms with van der Waals surface area (Å²) in [5, 5.41) is 9.54. The number of hydrogen-bond acceptors (Lipinski definition) is 2. The Morgan fingerprint density at radius 2 is 2.25 bits per heavy atom. The number of pyridine rings is 1. The van der Waals surface area contributed by atoms with Crippen molar-refractivity contribution < 1.29 is 5.11 Å². The summed E-state index contributed by atoms with van der Waals surface area (Å²) in [5.74, 6) is 0. The maximum atomic E-state index is 9.07. The minimum Gasteiger partial charge on any atom is -0.395 e. The number of aromatic nitrogens is 1. The van der Waals surface area contributed by atoms with Crippen LogP contribution in [0.4, 0.5) is 0 Å². The van der Waals surface area contributed by atoms with E-state index in [4.69, 9.17) is 16.7 Å². The van der Waals surface area contributed by atoms with Gasteiger partial charge in [-0.2, -0.15) is 0 Å². The molecule has 1 aromatic rings. The molecule has 0 atom stereocenters. The van der Waals surface area contributed by atoms with Gasteiger partial charge in [-0.25, -0.2) is 4.98 Å². The van der Waals surface area contributed by atoms with Crippen molar-refractivity contribution >= 4 is 11.6 Å². The summed E-state index contributed by atoms with van der Waals surface area (Å²) in [7, 11) is 0. The quantitative estimate of drug-likeness (QED) is 0.716. The van der Waals surface area contributed by atoms with Crippen LogP contribution in [-0.2, 0) is 5.41 Å². The molecule has 0 fully saturated rings. The Balaban J connectivity index is 3.03. The van der Waals surface area contributed by atoms with Crippen molar-refractivity contribution in [2.24, 2.45) is 0 Å². The number of hydrogen-bond donors (Lipinski definition) is 1. The van der Waals surface area contributed by atoms with Gasteiger partial charge in [0, 0.05) is 11.6 Å². The molecule has 12 heavy (non-hydrogen) atoms. The van der Waals surface area contributed by atoms with Crippen LogP contribution < -0.4 is 0 Å². The molecule has 0 bridgehead atoms. The third-order valence-electron chi connectivity index (χ3n) is 1.90. The summed E-state index contributed by atoms with van der Waals surface area (Å²) in [5.41, 5.74) is 0.761. The van der Waals surface area contributed by atoms with Crippen molar-refractivity contribution in [1.82, 2.24) is 4.98 Å². The van der Waals surface area contributed by atoms with Crippen molar-refractivity contribution in [3.05, 3.63) is 29.0 Å². The van der Waals surface area contributed by atoms with Gasteiger partial charge < -0.3 is 5.11 Å². The topological polar surface area (TPSA) is 33.1 Å². The molecule has 0 aromatic carbocycles. The van der Waals surface area contributed by atoms with Crippen molar-refractivity contribution in [1.29, 1.82) is 0 Å². The van der Waals surface area contributed by atoms with E-state index in [0.717, 1.165) is 5.56 Å². The Morgan fingerprint density at radius 1 is 1.58 bits per heavy atom. The summed E-state index contributed by atoms with van der Waals surface area (Å²) in [6, 6.07) is 3.64. The van der Waals surface area contributed by atoms with E-state index in [1.54, 1.807) is 12.3 Å². The zero-order valence-corrected chi connectivity index (χ0v) is 7.97. The Bertz CT molecular complexity index is 273. The summed E-state index contributed by atoms with van der Waals surface area (Å²) < 4.78 is 0. The van der Waals surface area contributed by atoms with Gasteiger partial charge >= 0.3 is 0 Å². The van der Waals surface area contributed by atoms with Crippen LogP contribution in [0, 0.1) is 0 Å². The van der Waals surface area contributed by atoms with E-state index in [1.807, 2.05) is 19.9 Å². The van der Waals surface area contributed by atoms with Crippen LogP contribution in [-0.4, -0.2) is 16.7 Å². The molecule has 0 saturated carbocycles. The highest BCUT2D eigenvalue weighted by Gasteiger charge is 2.19. The predicted octanol–water partition coefficient (Wildman–Crippen LogP) is 2.00. The zero-order chi connectivity index (χ0) is 9.19. The van der Waals surface area contributed by atoms with Gasteiger partial charge in [0.25, 0.3) is 0 Å². The van der Waals surface area contributed by atoms with Crippen LogP contribution in [0.3, 0.4) is 0 Å². The Kier molecular flexibility index (Phi) is 2.70. The van der Waals surface area contributed by atoms with E-state index in [2.05, 4.69) is 4.98 Å². The van der Waals surface area contributed by atoms with Crippen LogP contribution >= 0.6 is 11.6 Å². The first-order valence-corrected chi connectivity index (χ1v) is 4.17. The molecule has 0 unspecified atom stereocenters. The molecule has 66 valence electrons. The fraction of sp³-hybridized carbons (Fsp3) is 0.444. The third kappa shape index (κ3) is 1.96. The molecule has 1 rings (SSSR count). The van der Waals surface area contributed by atoms with Gasteiger partial charge in [0.05, 0.1) is 6.61 Å². The Morgan fingerprint density at radius 3 is 2.75 bits per heavy atom. The van der Waals surface area contributed by atoms with E-state index >= 15 is 0 Å². The maximum Gasteiger partial charge on any atom is 0.129 e. The highest BCUT2D eigenvalue weighted by Crippen LogP contribution is 2.23. The molecule has 0 spiro atoms. The monoisotopic (exact) mass is 185 g/mol. The lowest BCUT2D eigenvalue weighted by Crippen LogP contribution is -2.21. The SMILES string of the molecule is CC(C)(CO)c1ccnc(Cl)c1. The molecule has 1 N–H and O–H groups in total. The van der Waals surface area contributed by atoms with E-state index in [-0.39, 0.29) is 12.0 Å². The number of nitrogens with zero attached hydrogens (tertiary/aromatic N) is 1. The standard InChI is InChI=1S/C9H12ClNO/c1-9(2,6-12)7-3-4-11-8(10)5-7/h3-5,12H,6H2,1-2H3. The maximum absolute atomic E-state index is 9.07. The summed E-state index contributed by atoms with van der Waals surface area (Å²) >= 11 is 5.72.